The molecule has 0 spiro atoms. The number of aromatic nitrogens is 5. The normalized spacial score (nSPS) is 15.6. The lowest BCUT2D eigenvalue weighted by Crippen LogP contribution is -2.35. The Hall–Kier alpha value is -3.26. The van der Waals surface area contributed by atoms with E-state index in [0.717, 1.165) is 40.9 Å². The fraction of sp³-hybridized carbons (Fsp3) is 0.481. The van der Waals surface area contributed by atoms with Crippen LogP contribution in [0.2, 0.25) is 0 Å². The fourth-order valence-electron chi connectivity index (χ4n) is 5.40. The van der Waals surface area contributed by atoms with E-state index in [1.54, 1.807) is 6.26 Å². The largest absolute Gasteiger partial charge is 0.468 e. The van der Waals surface area contributed by atoms with E-state index in [1.807, 2.05) is 28.9 Å². The molecule has 1 aliphatic rings. The van der Waals surface area contributed by atoms with Gasteiger partial charge in [0.2, 0.25) is 0 Å². The van der Waals surface area contributed by atoms with Crippen molar-refractivity contribution in [3.05, 3.63) is 75.2 Å². The van der Waals surface area contributed by atoms with Crippen LogP contribution >= 0.6 is 0 Å². The minimum absolute atomic E-state index is 0.0666. The molecule has 4 aromatic rings. The van der Waals surface area contributed by atoms with Gasteiger partial charge in [0.05, 0.1) is 24.9 Å². The molecule has 5 rings (SSSR count). The molecule has 1 unspecified atom stereocenters. The second kappa shape index (κ2) is 9.77. The van der Waals surface area contributed by atoms with Gasteiger partial charge in [-0.3, -0.25) is 9.69 Å². The molecule has 8 nitrogen and oxygen atoms in total. The molecule has 1 fully saturated rings. The summed E-state index contributed by atoms with van der Waals surface area (Å²) in [5.41, 5.74) is 3.89. The van der Waals surface area contributed by atoms with Crippen LogP contribution < -0.4 is 5.56 Å². The molecule has 1 aliphatic carbocycles. The number of benzene rings is 1. The summed E-state index contributed by atoms with van der Waals surface area (Å²) < 4.78 is 7.75. The van der Waals surface area contributed by atoms with Gasteiger partial charge in [-0.15, -0.1) is 5.10 Å². The molecule has 3 heterocycles. The number of nitrogens with one attached hydrogen (secondary N) is 1. The number of tetrazole rings is 1. The van der Waals surface area contributed by atoms with Crippen molar-refractivity contribution in [3.63, 3.8) is 0 Å². The van der Waals surface area contributed by atoms with E-state index in [0.29, 0.717) is 19.1 Å². The zero-order chi connectivity index (χ0) is 24.5. The Morgan fingerprint density at radius 3 is 2.63 bits per heavy atom. The molecule has 1 N–H and O–H groups in total. The summed E-state index contributed by atoms with van der Waals surface area (Å²) in [6.07, 6.45) is 6.30. The van der Waals surface area contributed by atoms with Crippen LogP contribution in [-0.4, -0.2) is 30.1 Å². The van der Waals surface area contributed by atoms with Crippen LogP contribution in [0.3, 0.4) is 0 Å². The van der Waals surface area contributed by atoms with E-state index in [4.69, 9.17) is 4.42 Å². The number of hydrogen-bond acceptors (Lipinski definition) is 6. The Kier molecular flexibility index (Phi) is 6.56. The molecule has 8 heteroatoms. The van der Waals surface area contributed by atoms with Crippen LogP contribution in [0.1, 0.15) is 79.9 Å². The number of aromatic amines is 1. The number of aryl methyl sites for hydroxylation is 2. The molecule has 0 aliphatic heterocycles. The van der Waals surface area contributed by atoms with Gasteiger partial charge in [-0.25, -0.2) is 4.68 Å². The predicted octanol–water partition coefficient (Wildman–Crippen LogP) is 5.24. The van der Waals surface area contributed by atoms with Crippen molar-refractivity contribution in [1.29, 1.82) is 0 Å². The van der Waals surface area contributed by atoms with Crippen molar-refractivity contribution < 1.29 is 4.42 Å². The van der Waals surface area contributed by atoms with E-state index >= 15 is 0 Å². The first kappa shape index (κ1) is 23.5. The summed E-state index contributed by atoms with van der Waals surface area (Å²) in [5, 5.41) is 14.0. The molecular formula is C27H34N6O2. The van der Waals surface area contributed by atoms with Gasteiger partial charge in [0.15, 0.2) is 5.82 Å². The lowest BCUT2D eigenvalue weighted by Gasteiger charge is -2.33. The van der Waals surface area contributed by atoms with Crippen LogP contribution in [-0.2, 0) is 13.1 Å². The summed E-state index contributed by atoms with van der Waals surface area (Å²) in [4.78, 5) is 18.5. The molecule has 0 bridgehead atoms. The van der Waals surface area contributed by atoms with Gasteiger partial charge in [0.25, 0.3) is 5.56 Å². The second-order valence-electron chi connectivity index (χ2n) is 10.2. The highest BCUT2D eigenvalue weighted by molar-refractivity contribution is 5.80. The average molecular weight is 475 g/mol. The zero-order valence-electron chi connectivity index (χ0n) is 21.0. The average Bonchev–Trinajstić information content (AvgIpc) is 3.58. The Morgan fingerprint density at radius 2 is 1.91 bits per heavy atom. The Balaban J connectivity index is 1.56. The third kappa shape index (κ3) is 4.80. The first-order valence-electron chi connectivity index (χ1n) is 12.6. The summed E-state index contributed by atoms with van der Waals surface area (Å²) in [6.45, 7) is 9.54. The molecule has 1 aromatic carbocycles. The van der Waals surface area contributed by atoms with E-state index in [2.05, 4.69) is 59.2 Å². The number of furan rings is 1. The minimum Gasteiger partial charge on any atom is -0.468 e. The third-order valence-electron chi connectivity index (χ3n) is 7.33. The highest BCUT2D eigenvalue weighted by atomic mass is 16.3. The van der Waals surface area contributed by atoms with Crippen LogP contribution in [0.5, 0.6) is 0 Å². The first-order chi connectivity index (χ1) is 16.9. The SMILES string of the molecule is Cc1cc2cc(CN(Cc3ccco3)C(c3nnnn3C3CCCC3)C(C)C)c(=O)[nH]c2cc1C. The van der Waals surface area contributed by atoms with Crippen molar-refractivity contribution in [3.8, 4) is 0 Å². The number of fused-ring (bicyclic) bond motifs is 1. The standard InChI is InChI=1S/C27H34N6O2/c1-17(2)25(26-29-30-31-33(26)22-8-5-6-9-22)32(16-23-10-7-11-35-23)15-21-14-20-12-18(3)19(4)13-24(20)28-27(21)34/h7,10-14,17,22,25H,5-6,8-9,15-16H2,1-4H3,(H,28,34). The maximum Gasteiger partial charge on any atom is 0.252 e. The zero-order valence-corrected chi connectivity index (χ0v) is 21.0. The molecule has 0 radical (unpaired) electrons. The molecular weight excluding hydrogens is 440 g/mol. The molecule has 0 amide bonds. The van der Waals surface area contributed by atoms with Gasteiger partial charge in [-0.2, -0.15) is 0 Å². The van der Waals surface area contributed by atoms with Gasteiger partial charge in [-0.1, -0.05) is 26.7 Å². The summed E-state index contributed by atoms with van der Waals surface area (Å²) in [7, 11) is 0. The Labute approximate surface area is 205 Å². The van der Waals surface area contributed by atoms with Gasteiger partial charge in [-0.05, 0) is 89.9 Å². The molecule has 184 valence electrons. The minimum atomic E-state index is -0.0782. The van der Waals surface area contributed by atoms with Crippen LogP contribution in [0.15, 0.2) is 45.8 Å². The van der Waals surface area contributed by atoms with E-state index < -0.39 is 0 Å². The van der Waals surface area contributed by atoms with E-state index in [1.165, 1.54) is 24.0 Å². The second-order valence-corrected chi connectivity index (χ2v) is 10.2. The molecule has 35 heavy (non-hydrogen) atoms. The van der Waals surface area contributed by atoms with Crippen molar-refractivity contribution in [1.82, 2.24) is 30.1 Å². The summed E-state index contributed by atoms with van der Waals surface area (Å²) in [5.74, 6) is 1.93. The van der Waals surface area contributed by atoms with Crippen molar-refractivity contribution in [2.45, 2.75) is 78.6 Å². The van der Waals surface area contributed by atoms with Gasteiger partial charge >= 0.3 is 0 Å². The van der Waals surface area contributed by atoms with Crippen LogP contribution in [0.25, 0.3) is 10.9 Å². The fourth-order valence-corrected chi connectivity index (χ4v) is 5.40. The molecule has 1 atom stereocenters. The number of rotatable bonds is 8. The van der Waals surface area contributed by atoms with Crippen molar-refractivity contribution >= 4 is 10.9 Å². The predicted molar refractivity (Wildman–Crippen MR) is 135 cm³/mol. The first-order valence-corrected chi connectivity index (χ1v) is 12.6. The van der Waals surface area contributed by atoms with Crippen LogP contribution in [0.4, 0.5) is 0 Å². The quantitative estimate of drug-likeness (QED) is 0.375. The molecule has 3 aromatic heterocycles. The van der Waals surface area contributed by atoms with Gasteiger partial charge in [0, 0.05) is 17.6 Å². The Bertz CT molecular complexity index is 1350. The third-order valence-corrected chi connectivity index (χ3v) is 7.33. The van der Waals surface area contributed by atoms with Crippen LogP contribution in [0, 0.1) is 19.8 Å². The van der Waals surface area contributed by atoms with E-state index in [9.17, 15) is 4.79 Å². The van der Waals surface area contributed by atoms with Crippen molar-refractivity contribution in [2.24, 2.45) is 5.92 Å². The molecule has 0 saturated heterocycles. The van der Waals surface area contributed by atoms with E-state index in [-0.39, 0.29) is 17.5 Å². The maximum atomic E-state index is 13.2. The number of pyridine rings is 1. The lowest BCUT2D eigenvalue weighted by molar-refractivity contribution is 0.114. The highest BCUT2D eigenvalue weighted by Gasteiger charge is 2.33. The monoisotopic (exact) mass is 474 g/mol. The van der Waals surface area contributed by atoms with Gasteiger partial charge in [0.1, 0.15) is 5.76 Å². The Morgan fingerprint density at radius 1 is 1.14 bits per heavy atom. The van der Waals surface area contributed by atoms with Crippen molar-refractivity contribution in [2.75, 3.05) is 0 Å². The lowest BCUT2D eigenvalue weighted by atomic mass is 9.99. The smallest absolute Gasteiger partial charge is 0.252 e. The van der Waals surface area contributed by atoms with Gasteiger partial charge < -0.3 is 9.40 Å². The summed E-state index contributed by atoms with van der Waals surface area (Å²) in [6, 6.07) is 10.3. The molecule has 1 saturated carbocycles. The summed E-state index contributed by atoms with van der Waals surface area (Å²) >= 11 is 0. The number of H-pyrrole nitrogens is 1. The number of nitrogens with zero attached hydrogens (tertiary/aromatic N) is 5. The number of hydrogen-bond donors (Lipinski definition) is 1. The maximum absolute atomic E-state index is 13.2. The topological polar surface area (TPSA) is 92.8 Å². The highest BCUT2D eigenvalue weighted by Crippen LogP contribution is 2.35.